The molecule has 7 rings (SSSR count). The van der Waals surface area contributed by atoms with Gasteiger partial charge in [0.05, 0.1) is 17.6 Å². The first-order valence-corrected chi connectivity index (χ1v) is 17.2. The van der Waals surface area contributed by atoms with Crippen molar-refractivity contribution in [2.75, 3.05) is 41.4 Å². The number of aromatic nitrogens is 1. The van der Waals surface area contributed by atoms with Gasteiger partial charge in [-0.25, -0.2) is 19.2 Å². The Morgan fingerprint density at radius 2 is 1.26 bits per heavy atom. The number of carbonyl (C=O) groups excluding carboxylic acids is 2. The maximum absolute atomic E-state index is 13.1. The quantitative estimate of drug-likeness (QED) is 0.170. The Kier molecular flexibility index (Phi) is 11.6. The zero-order valence-corrected chi connectivity index (χ0v) is 29.0. The monoisotopic (exact) mass is 746 g/mol. The Morgan fingerprint density at radius 3 is 1.70 bits per heavy atom. The molecule has 0 radical (unpaired) electrons. The van der Waals surface area contributed by atoms with Crippen LogP contribution in [0.3, 0.4) is 0 Å². The molecule has 3 aliphatic rings. The van der Waals surface area contributed by atoms with E-state index in [1.54, 1.807) is 34.1 Å². The molecule has 3 aromatic carbocycles. The summed E-state index contributed by atoms with van der Waals surface area (Å²) in [5.74, 6) is -0.840. The van der Waals surface area contributed by atoms with Crippen molar-refractivity contribution in [1.29, 1.82) is 0 Å². The van der Waals surface area contributed by atoms with E-state index in [2.05, 4.69) is 20.3 Å². The molecule has 0 bridgehead atoms. The molecule has 282 valence electrons. The fourth-order valence-electron chi connectivity index (χ4n) is 5.97. The zero-order valence-electron chi connectivity index (χ0n) is 29.0. The highest BCUT2D eigenvalue weighted by Crippen LogP contribution is 2.28. The first kappa shape index (κ1) is 37.6. The van der Waals surface area contributed by atoms with Gasteiger partial charge in [-0.2, -0.15) is 13.2 Å². The summed E-state index contributed by atoms with van der Waals surface area (Å²) in [6.45, 7) is 2.21. The predicted molar refractivity (Wildman–Crippen MR) is 196 cm³/mol. The number of aliphatic imine (C=N–C) groups is 2. The number of alkyl halides is 3. The summed E-state index contributed by atoms with van der Waals surface area (Å²) in [6.07, 6.45) is -0.303. The van der Waals surface area contributed by atoms with Gasteiger partial charge in [0.1, 0.15) is 24.7 Å². The van der Waals surface area contributed by atoms with E-state index in [0.717, 1.165) is 55.3 Å². The van der Waals surface area contributed by atoms with E-state index in [0.29, 0.717) is 37.7 Å². The molecule has 0 spiro atoms. The minimum absolute atomic E-state index is 0.0451. The van der Waals surface area contributed by atoms with Crippen LogP contribution in [0.15, 0.2) is 101 Å². The van der Waals surface area contributed by atoms with E-state index >= 15 is 0 Å². The molecule has 0 aliphatic carbocycles. The molecule has 2 unspecified atom stereocenters. The molecule has 2 atom stereocenters. The van der Waals surface area contributed by atoms with Gasteiger partial charge in [-0.1, -0.05) is 24.3 Å². The van der Waals surface area contributed by atoms with Crippen molar-refractivity contribution >= 4 is 41.0 Å². The highest BCUT2D eigenvalue weighted by Gasteiger charge is 2.32. The summed E-state index contributed by atoms with van der Waals surface area (Å²) in [5, 5.41) is 2.63. The number of amides is 3. The van der Waals surface area contributed by atoms with Crippen LogP contribution in [0.4, 0.5) is 39.4 Å². The van der Waals surface area contributed by atoms with E-state index < -0.39 is 17.8 Å². The van der Waals surface area contributed by atoms with Crippen LogP contribution in [-0.2, 0) is 28.5 Å². The van der Waals surface area contributed by atoms with Crippen LogP contribution in [-0.4, -0.2) is 67.4 Å². The van der Waals surface area contributed by atoms with Gasteiger partial charge in [0.25, 0.3) is 18.0 Å². The van der Waals surface area contributed by atoms with E-state index in [4.69, 9.17) is 20.9 Å². The number of halogens is 4. The average molecular weight is 747 g/mol. The van der Waals surface area contributed by atoms with Crippen molar-refractivity contribution in [1.82, 2.24) is 4.98 Å². The molecule has 16 heteroatoms. The van der Waals surface area contributed by atoms with E-state index in [1.165, 1.54) is 17.7 Å². The maximum Gasteiger partial charge on any atom is 0.433 e. The number of amidine groups is 2. The molecule has 12 nitrogen and oxygen atoms in total. The normalized spacial score (nSPS) is 18.0. The van der Waals surface area contributed by atoms with E-state index in [1.807, 2.05) is 36.4 Å². The van der Waals surface area contributed by atoms with Gasteiger partial charge >= 0.3 is 12.2 Å². The van der Waals surface area contributed by atoms with Crippen molar-refractivity contribution in [3.8, 4) is 0 Å². The summed E-state index contributed by atoms with van der Waals surface area (Å²) >= 11 is 0. The molecule has 54 heavy (non-hydrogen) atoms. The third-order valence-electron chi connectivity index (χ3n) is 8.92. The Morgan fingerprint density at radius 1 is 0.759 bits per heavy atom. The number of hydrogen-bond acceptors (Lipinski definition) is 9. The van der Waals surface area contributed by atoms with Gasteiger partial charge < -0.3 is 26.3 Å². The summed E-state index contributed by atoms with van der Waals surface area (Å²) < 4.78 is 60.9. The lowest BCUT2D eigenvalue weighted by Gasteiger charge is -2.19. The first-order valence-electron chi connectivity index (χ1n) is 17.2. The highest BCUT2D eigenvalue weighted by molar-refractivity contribution is 6.06. The summed E-state index contributed by atoms with van der Waals surface area (Å²) in [6, 6.07) is 23.6. The average Bonchev–Trinajstić information content (AvgIpc) is 3.90. The molecule has 0 saturated carbocycles. The number of aryl methyl sites for hydroxylation is 2. The Bertz CT molecular complexity index is 1970. The standard InChI is InChI=1S/C20H21FN4O2.C18H17F3N4O2/c21-15-4-9-18(10-5-15)25-12-11-24(20(25)26)17-7-2-14(3-8-17)1-6-16-13-27-19(22)23-16;19-18(20,21)15-8-4-12(9-23-15)16(26)24-13-5-1-11(2-6-13)3-7-14-10-27-17(22)25-14/h2-5,7-10,16H,1,6,11-13H2,(H2,22,23);1-2,4-6,8-9,14H,3,7,10H2,(H2,22,25)(H,24,26). The van der Waals surface area contributed by atoms with Crippen LogP contribution < -0.4 is 26.6 Å². The number of carbonyl (C=O) groups is 2. The Labute approximate surface area is 308 Å². The van der Waals surface area contributed by atoms with Crippen molar-refractivity contribution < 1.29 is 36.6 Å². The fourth-order valence-corrected chi connectivity index (χ4v) is 5.97. The van der Waals surface area contributed by atoms with Crippen LogP contribution in [0.25, 0.3) is 0 Å². The van der Waals surface area contributed by atoms with E-state index in [9.17, 15) is 27.2 Å². The van der Waals surface area contributed by atoms with Gasteiger partial charge in [-0.05, 0) is 97.5 Å². The van der Waals surface area contributed by atoms with Gasteiger partial charge in [0, 0.05) is 36.3 Å². The summed E-state index contributed by atoms with van der Waals surface area (Å²) in [5.41, 5.74) is 14.3. The number of anilines is 3. The molecule has 1 fully saturated rings. The Hall–Kier alpha value is -6.19. The first-order chi connectivity index (χ1) is 25.9. The van der Waals surface area contributed by atoms with Gasteiger partial charge in [0.15, 0.2) is 0 Å². The van der Waals surface area contributed by atoms with Crippen LogP contribution in [0.5, 0.6) is 0 Å². The largest absolute Gasteiger partial charge is 0.463 e. The molecular formula is C38H38F4N8O4. The molecule has 5 N–H and O–H groups in total. The molecule has 1 saturated heterocycles. The number of nitrogens with one attached hydrogen (secondary N) is 1. The number of nitrogens with two attached hydrogens (primary N) is 2. The number of nitrogens with zero attached hydrogens (tertiary/aromatic N) is 5. The summed E-state index contributed by atoms with van der Waals surface area (Å²) in [4.78, 5) is 39.9. The second-order valence-corrected chi connectivity index (χ2v) is 12.8. The number of ether oxygens (including phenoxy) is 2. The number of hydrogen-bond donors (Lipinski definition) is 3. The molecule has 4 aromatic rings. The third-order valence-corrected chi connectivity index (χ3v) is 8.92. The second kappa shape index (κ2) is 16.7. The van der Waals surface area contributed by atoms with Crippen molar-refractivity contribution in [3.63, 3.8) is 0 Å². The lowest BCUT2D eigenvalue weighted by Crippen LogP contribution is -2.31. The zero-order chi connectivity index (χ0) is 38.2. The van der Waals surface area contributed by atoms with E-state index in [-0.39, 0.29) is 41.5 Å². The molecule has 1 aromatic heterocycles. The van der Waals surface area contributed by atoms with Gasteiger partial charge in [-0.15, -0.1) is 0 Å². The molecule has 4 heterocycles. The highest BCUT2D eigenvalue weighted by atomic mass is 19.4. The number of urea groups is 1. The minimum Gasteiger partial charge on any atom is -0.463 e. The van der Waals surface area contributed by atoms with Crippen LogP contribution in [0, 0.1) is 5.82 Å². The number of benzene rings is 3. The Balaban J connectivity index is 0.000000184. The van der Waals surface area contributed by atoms with Gasteiger partial charge in [0.2, 0.25) is 0 Å². The lowest BCUT2D eigenvalue weighted by atomic mass is 10.1. The third kappa shape index (κ3) is 9.81. The number of rotatable bonds is 10. The molecule has 3 aliphatic heterocycles. The lowest BCUT2D eigenvalue weighted by molar-refractivity contribution is -0.141. The van der Waals surface area contributed by atoms with Crippen LogP contribution in [0.2, 0.25) is 0 Å². The topological polar surface area (TPSA) is 161 Å². The predicted octanol–water partition coefficient (Wildman–Crippen LogP) is 5.92. The van der Waals surface area contributed by atoms with Crippen LogP contribution >= 0.6 is 0 Å². The van der Waals surface area contributed by atoms with Crippen molar-refractivity contribution in [2.24, 2.45) is 21.5 Å². The molecule has 3 amide bonds. The van der Waals surface area contributed by atoms with Crippen LogP contribution in [0.1, 0.15) is 40.0 Å². The molecular weight excluding hydrogens is 708 g/mol. The van der Waals surface area contributed by atoms with Crippen molar-refractivity contribution in [3.05, 3.63) is 119 Å². The minimum atomic E-state index is -4.54. The smallest absolute Gasteiger partial charge is 0.433 e. The maximum atomic E-state index is 13.1. The SMILES string of the molecule is NC1=NC(CCc2ccc(N3CCN(c4ccc(F)cc4)C3=O)cc2)CO1.NC1=NC(CCc2ccc(NC(=O)c3ccc(C(F)(F)F)nc3)cc2)CO1. The van der Waals surface area contributed by atoms with Crippen molar-refractivity contribution in [2.45, 2.75) is 43.9 Å². The summed E-state index contributed by atoms with van der Waals surface area (Å²) in [7, 11) is 0. The van der Waals surface area contributed by atoms with Gasteiger partial charge in [-0.3, -0.25) is 19.6 Å². The number of pyridine rings is 1. The second-order valence-electron chi connectivity index (χ2n) is 12.8. The fraction of sp³-hybridized carbons (Fsp3) is 0.289.